The highest BCUT2D eigenvalue weighted by Gasteiger charge is 2.39. The van der Waals surface area contributed by atoms with Crippen LogP contribution < -0.4 is 0 Å². The molecule has 1 heterocycles. The first-order valence-corrected chi connectivity index (χ1v) is 4.90. The van der Waals surface area contributed by atoms with Gasteiger partial charge in [0, 0.05) is 13.5 Å². The molecule has 1 rings (SSSR count). The lowest BCUT2D eigenvalue weighted by atomic mass is 9.85. The minimum Gasteiger partial charge on any atom is -0.464 e. The van der Waals surface area contributed by atoms with Gasteiger partial charge in [-0.15, -0.1) is 0 Å². The number of cyclic esters (lactones) is 1. The van der Waals surface area contributed by atoms with Gasteiger partial charge in [-0.2, -0.15) is 0 Å². The molecule has 15 heavy (non-hydrogen) atoms. The molecule has 5 heteroatoms. The Morgan fingerprint density at radius 3 is 2.80 bits per heavy atom. The molecule has 5 nitrogen and oxygen atoms in total. The van der Waals surface area contributed by atoms with E-state index in [0.29, 0.717) is 13.0 Å². The Balaban J connectivity index is 2.40. The lowest BCUT2D eigenvalue weighted by Gasteiger charge is -2.30. The van der Waals surface area contributed by atoms with Crippen LogP contribution >= 0.6 is 0 Å². The third kappa shape index (κ3) is 3.20. The van der Waals surface area contributed by atoms with E-state index in [-0.39, 0.29) is 31.6 Å². The van der Waals surface area contributed by atoms with Crippen molar-refractivity contribution in [3.63, 3.8) is 0 Å². The summed E-state index contributed by atoms with van der Waals surface area (Å²) in [5.41, 5.74) is -0.693. The van der Waals surface area contributed by atoms with Gasteiger partial charge in [0.2, 0.25) is 0 Å². The van der Waals surface area contributed by atoms with E-state index < -0.39 is 5.41 Å². The van der Waals surface area contributed by atoms with Crippen LogP contribution in [0.2, 0.25) is 0 Å². The number of rotatable bonds is 4. The number of hydrogen-bond donors (Lipinski definition) is 0. The average molecular weight is 216 g/mol. The molecule has 0 radical (unpaired) electrons. The lowest BCUT2D eigenvalue weighted by molar-refractivity contribution is -0.170. The fourth-order valence-corrected chi connectivity index (χ4v) is 1.31. The van der Waals surface area contributed by atoms with Crippen molar-refractivity contribution in [1.82, 2.24) is 0 Å². The smallest absolute Gasteiger partial charge is 0.315 e. The highest BCUT2D eigenvalue weighted by Crippen LogP contribution is 2.29. The number of hydrogen-bond acceptors (Lipinski definition) is 5. The molecule has 1 fully saturated rings. The second-order valence-corrected chi connectivity index (χ2v) is 3.85. The van der Waals surface area contributed by atoms with E-state index in [4.69, 9.17) is 14.2 Å². The third-order valence-corrected chi connectivity index (χ3v) is 2.45. The largest absolute Gasteiger partial charge is 0.464 e. The van der Waals surface area contributed by atoms with Crippen molar-refractivity contribution in [2.45, 2.75) is 19.8 Å². The highest BCUT2D eigenvalue weighted by molar-refractivity contribution is 5.80. The molecule has 1 atom stereocenters. The maximum atomic E-state index is 11.6. The van der Waals surface area contributed by atoms with Crippen LogP contribution in [-0.4, -0.2) is 38.9 Å². The van der Waals surface area contributed by atoms with E-state index in [9.17, 15) is 9.59 Å². The molecule has 0 aliphatic carbocycles. The third-order valence-electron chi connectivity index (χ3n) is 2.45. The van der Waals surface area contributed by atoms with Crippen LogP contribution in [-0.2, 0) is 23.8 Å². The summed E-state index contributed by atoms with van der Waals surface area (Å²) in [7, 11) is 1.54. The van der Waals surface area contributed by atoms with Gasteiger partial charge < -0.3 is 14.2 Å². The number of carbonyl (C=O) groups excluding carboxylic acids is 2. The Morgan fingerprint density at radius 2 is 2.27 bits per heavy atom. The van der Waals surface area contributed by atoms with Crippen molar-refractivity contribution in [3.8, 4) is 0 Å². The van der Waals surface area contributed by atoms with E-state index in [2.05, 4.69) is 0 Å². The van der Waals surface area contributed by atoms with Crippen molar-refractivity contribution in [2.75, 3.05) is 26.9 Å². The zero-order valence-electron chi connectivity index (χ0n) is 9.08. The first-order chi connectivity index (χ1) is 7.08. The molecule has 1 saturated heterocycles. The molecule has 0 saturated carbocycles. The maximum Gasteiger partial charge on any atom is 0.315 e. The van der Waals surface area contributed by atoms with Crippen LogP contribution in [0.1, 0.15) is 19.8 Å². The fourth-order valence-electron chi connectivity index (χ4n) is 1.31. The normalized spacial score (nSPS) is 25.9. The van der Waals surface area contributed by atoms with Gasteiger partial charge in [0.1, 0.15) is 13.2 Å². The van der Waals surface area contributed by atoms with Crippen molar-refractivity contribution in [1.29, 1.82) is 0 Å². The molecule has 0 bridgehead atoms. The maximum absolute atomic E-state index is 11.6. The fraction of sp³-hybridized carbons (Fsp3) is 0.800. The van der Waals surface area contributed by atoms with Crippen molar-refractivity contribution >= 4 is 11.9 Å². The molecule has 1 aliphatic rings. The van der Waals surface area contributed by atoms with Gasteiger partial charge in [0.25, 0.3) is 0 Å². The second kappa shape index (κ2) is 5.11. The van der Waals surface area contributed by atoms with Crippen LogP contribution in [0.3, 0.4) is 0 Å². The molecule has 1 aliphatic heterocycles. The Hall–Kier alpha value is -1.10. The SMILES string of the molecule is COCCOC(=O)C1(C)CCC(=O)OC1. The Morgan fingerprint density at radius 1 is 1.53 bits per heavy atom. The molecule has 0 aromatic heterocycles. The van der Waals surface area contributed by atoms with Crippen molar-refractivity contribution < 1.29 is 23.8 Å². The minimum atomic E-state index is -0.693. The number of esters is 2. The first kappa shape index (κ1) is 12.0. The molecule has 0 aromatic carbocycles. The predicted octanol–water partition coefficient (Wildman–Crippen LogP) is 0.519. The van der Waals surface area contributed by atoms with Crippen LogP contribution in [0.4, 0.5) is 0 Å². The first-order valence-electron chi connectivity index (χ1n) is 4.90. The summed E-state index contributed by atoms with van der Waals surface area (Å²) in [4.78, 5) is 22.5. The lowest BCUT2D eigenvalue weighted by Crippen LogP contribution is -2.39. The number of ether oxygens (including phenoxy) is 3. The van der Waals surface area contributed by atoms with E-state index in [1.165, 1.54) is 7.11 Å². The monoisotopic (exact) mass is 216 g/mol. The standard InChI is InChI=1S/C10H16O5/c1-10(4-3-8(11)15-7-10)9(12)14-6-5-13-2/h3-7H2,1-2H3. The van der Waals surface area contributed by atoms with Crippen molar-refractivity contribution in [2.24, 2.45) is 5.41 Å². The minimum absolute atomic E-state index is 0.109. The van der Waals surface area contributed by atoms with E-state index in [1.807, 2.05) is 0 Å². The van der Waals surface area contributed by atoms with Crippen LogP contribution in [0.25, 0.3) is 0 Å². The highest BCUT2D eigenvalue weighted by atomic mass is 16.6. The number of methoxy groups -OCH3 is 1. The summed E-state index contributed by atoms with van der Waals surface area (Å²) in [6, 6.07) is 0. The van der Waals surface area contributed by atoms with Gasteiger partial charge in [-0.25, -0.2) is 0 Å². The zero-order valence-corrected chi connectivity index (χ0v) is 9.08. The Bertz CT molecular complexity index is 238. The van der Waals surface area contributed by atoms with Gasteiger partial charge in [0.15, 0.2) is 0 Å². The zero-order chi connectivity index (χ0) is 11.3. The quantitative estimate of drug-likeness (QED) is 0.506. The summed E-state index contributed by atoms with van der Waals surface area (Å²) in [5.74, 6) is -0.579. The van der Waals surface area contributed by atoms with Gasteiger partial charge in [-0.1, -0.05) is 0 Å². The molecule has 86 valence electrons. The molecular formula is C10H16O5. The summed E-state index contributed by atoms with van der Waals surface area (Å²) in [6.07, 6.45) is 0.757. The van der Waals surface area contributed by atoms with Gasteiger partial charge >= 0.3 is 11.9 Å². The summed E-state index contributed by atoms with van der Waals surface area (Å²) >= 11 is 0. The molecule has 0 spiro atoms. The van der Waals surface area contributed by atoms with Gasteiger partial charge in [-0.3, -0.25) is 9.59 Å². The Kier molecular flexibility index (Phi) is 4.08. The second-order valence-electron chi connectivity index (χ2n) is 3.85. The van der Waals surface area contributed by atoms with Crippen LogP contribution in [0.15, 0.2) is 0 Å². The van der Waals surface area contributed by atoms with Gasteiger partial charge in [0.05, 0.1) is 12.0 Å². The summed E-state index contributed by atoms with van der Waals surface area (Å²) < 4.78 is 14.6. The van der Waals surface area contributed by atoms with Crippen LogP contribution in [0.5, 0.6) is 0 Å². The molecule has 0 aromatic rings. The molecule has 0 N–H and O–H groups in total. The molecule has 0 amide bonds. The van der Waals surface area contributed by atoms with Crippen LogP contribution in [0, 0.1) is 5.41 Å². The van der Waals surface area contributed by atoms with Crippen molar-refractivity contribution in [3.05, 3.63) is 0 Å². The van der Waals surface area contributed by atoms with E-state index >= 15 is 0 Å². The predicted molar refractivity (Wildman–Crippen MR) is 51.1 cm³/mol. The molecule has 1 unspecified atom stereocenters. The average Bonchev–Trinajstić information content (AvgIpc) is 2.23. The van der Waals surface area contributed by atoms with E-state index in [0.717, 1.165) is 0 Å². The summed E-state index contributed by atoms with van der Waals surface area (Å²) in [5, 5.41) is 0. The summed E-state index contributed by atoms with van der Waals surface area (Å²) in [6.45, 7) is 2.46. The Labute approximate surface area is 88.7 Å². The number of carbonyl (C=O) groups is 2. The van der Waals surface area contributed by atoms with E-state index in [1.54, 1.807) is 6.92 Å². The topological polar surface area (TPSA) is 61.8 Å². The molecular weight excluding hydrogens is 200 g/mol. The van der Waals surface area contributed by atoms with Gasteiger partial charge in [-0.05, 0) is 13.3 Å².